The van der Waals surface area contributed by atoms with Gasteiger partial charge in [0.25, 0.3) is 0 Å². The molecule has 0 bridgehead atoms. The number of carboxylic acids is 1. The minimum Gasteiger partial charge on any atom is -0.481 e. The number of rotatable bonds is 3. The minimum absolute atomic E-state index is 0.0722. The van der Waals surface area contributed by atoms with Crippen LogP contribution in [-0.4, -0.2) is 29.1 Å². The Labute approximate surface area is 124 Å². The van der Waals surface area contributed by atoms with Gasteiger partial charge in [-0.05, 0) is 29.7 Å². The van der Waals surface area contributed by atoms with Gasteiger partial charge in [-0.1, -0.05) is 6.42 Å². The summed E-state index contributed by atoms with van der Waals surface area (Å²) in [5, 5.41) is 12.1. The second kappa shape index (κ2) is 4.98. The first-order chi connectivity index (χ1) is 9.83. The van der Waals surface area contributed by atoms with Crippen LogP contribution in [0, 0.1) is 11.3 Å². The second-order valence-electron chi connectivity index (χ2n) is 6.03. The van der Waals surface area contributed by atoms with Crippen LogP contribution in [0.1, 0.15) is 30.4 Å². The van der Waals surface area contributed by atoms with E-state index in [-0.39, 0.29) is 18.0 Å². The van der Waals surface area contributed by atoms with E-state index in [0.29, 0.717) is 19.5 Å². The maximum Gasteiger partial charge on any atom is 0.417 e. The van der Waals surface area contributed by atoms with E-state index in [2.05, 4.69) is 0 Å². The molecule has 1 saturated carbocycles. The minimum atomic E-state index is -4.34. The van der Waals surface area contributed by atoms with Crippen LogP contribution in [-0.2, 0) is 17.5 Å². The molecule has 1 aromatic rings. The smallest absolute Gasteiger partial charge is 0.417 e. The quantitative estimate of drug-likeness (QED) is 0.927. The molecule has 3 rings (SSSR count). The van der Waals surface area contributed by atoms with Gasteiger partial charge in [0.1, 0.15) is 0 Å². The van der Waals surface area contributed by atoms with Crippen molar-refractivity contribution in [3.63, 3.8) is 0 Å². The third kappa shape index (κ3) is 2.46. The Morgan fingerprint density at radius 1 is 1.48 bits per heavy atom. The number of thiophene rings is 1. The van der Waals surface area contributed by atoms with Gasteiger partial charge in [0.05, 0.1) is 11.0 Å². The Balaban J connectivity index is 1.77. The molecular weight excluding hydrogens is 303 g/mol. The van der Waals surface area contributed by atoms with Crippen molar-refractivity contribution in [1.82, 2.24) is 4.90 Å². The Morgan fingerprint density at radius 3 is 2.86 bits per heavy atom. The van der Waals surface area contributed by atoms with Crippen LogP contribution in [0.25, 0.3) is 0 Å². The lowest BCUT2D eigenvalue weighted by molar-refractivity contribution is -0.149. The molecular formula is C14H16F3NO2S. The van der Waals surface area contributed by atoms with Crippen LogP contribution >= 0.6 is 11.3 Å². The monoisotopic (exact) mass is 319 g/mol. The van der Waals surface area contributed by atoms with Gasteiger partial charge in [-0.25, -0.2) is 0 Å². The molecule has 2 fully saturated rings. The molecule has 2 heterocycles. The van der Waals surface area contributed by atoms with Crippen LogP contribution in [0.2, 0.25) is 0 Å². The van der Waals surface area contributed by atoms with Crippen LogP contribution in [0.3, 0.4) is 0 Å². The second-order valence-corrected chi connectivity index (χ2v) is 6.77. The Kier molecular flexibility index (Phi) is 3.52. The summed E-state index contributed by atoms with van der Waals surface area (Å²) in [6, 6.07) is 0. The zero-order valence-electron chi connectivity index (χ0n) is 11.3. The standard InChI is InChI=1S/C14H16F3NO2S/c15-14(16,17)11-7-21-6-9(11)4-18-5-10-2-1-3-13(10,8-18)12(19)20/h6-7,10H,1-5,8H2,(H,19,20)/t10-,13+/m0/s1. The number of nitrogens with zero attached hydrogens (tertiary/aromatic N) is 1. The van der Waals surface area contributed by atoms with Crippen molar-refractivity contribution < 1.29 is 23.1 Å². The number of alkyl halides is 3. The molecule has 21 heavy (non-hydrogen) atoms. The molecule has 1 aliphatic heterocycles. The fourth-order valence-electron chi connectivity index (χ4n) is 3.80. The van der Waals surface area contributed by atoms with Crippen LogP contribution < -0.4 is 0 Å². The van der Waals surface area contributed by atoms with Crippen molar-refractivity contribution in [2.75, 3.05) is 13.1 Å². The Hall–Kier alpha value is -1.08. The van der Waals surface area contributed by atoms with Crippen molar-refractivity contribution in [1.29, 1.82) is 0 Å². The van der Waals surface area contributed by atoms with E-state index in [9.17, 15) is 23.1 Å². The molecule has 2 aliphatic rings. The van der Waals surface area contributed by atoms with Crippen molar-refractivity contribution in [3.8, 4) is 0 Å². The van der Waals surface area contributed by atoms with Crippen molar-refractivity contribution >= 4 is 17.3 Å². The van der Waals surface area contributed by atoms with Crippen molar-refractivity contribution in [2.24, 2.45) is 11.3 Å². The fraction of sp³-hybridized carbons (Fsp3) is 0.643. The summed E-state index contributed by atoms with van der Waals surface area (Å²) in [7, 11) is 0. The molecule has 1 aromatic heterocycles. The van der Waals surface area contributed by atoms with Gasteiger partial charge in [-0.15, -0.1) is 0 Å². The predicted octanol–water partition coefficient (Wildman–Crippen LogP) is 3.45. The number of hydrogen-bond acceptors (Lipinski definition) is 3. The average Bonchev–Trinajstić information content (AvgIpc) is 3.00. The van der Waals surface area contributed by atoms with Gasteiger partial charge >= 0.3 is 12.1 Å². The van der Waals surface area contributed by atoms with E-state index in [1.807, 2.05) is 4.90 Å². The molecule has 0 aromatic carbocycles. The lowest BCUT2D eigenvalue weighted by Crippen LogP contribution is -2.35. The van der Waals surface area contributed by atoms with Gasteiger partial charge in [0.15, 0.2) is 0 Å². The zero-order valence-corrected chi connectivity index (χ0v) is 12.1. The first-order valence-electron chi connectivity index (χ1n) is 6.91. The van der Waals surface area contributed by atoms with Gasteiger partial charge in [0, 0.05) is 25.0 Å². The Morgan fingerprint density at radius 2 is 2.24 bits per heavy atom. The maximum absolute atomic E-state index is 12.9. The van der Waals surface area contributed by atoms with Gasteiger partial charge in [0.2, 0.25) is 0 Å². The number of halogens is 3. The first-order valence-corrected chi connectivity index (χ1v) is 7.85. The predicted molar refractivity (Wildman–Crippen MR) is 72.0 cm³/mol. The van der Waals surface area contributed by atoms with Crippen molar-refractivity contribution in [2.45, 2.75) is 32.0 Å². The first kappa shape index (κ1) is 14.8. The average molecular weight is 319 g/mol. The number of hydrogen-bond donors (Lipinski definition) is 1. The van der Waals surface area contributed by atoms with E-state index in [0.717, 1.165) is 29.6 Å². The van der Waals surface area contributed by atoms with Gasteiger partial charge < -0.3 is 5.11 Å². The molecule has 0 unspecified atom stereocenters. The van der Waals surface area contributed by atoms with Crippen LogP contribution in [0.15, 0.2) is 10.8 Å². The molecule has 0 amide bonds. The fourth-order valence-corrected chi connectivity index (χ4v) is 4.65. The largest absolute Gasteiger partial charge is 0.481 e. The highest BCUT2D eigenvalue weighted by atomic mass is 32.1. The van der Waals surface area contributed by atoms with Gasteiger partial charge in [-0.3, -0.25) is 9.69 Å². The van der Waals surface area contributed by atoms with E-state index in [4.69, 9.17) is 0 Å². The molecule has 1 saturated heterocycles. The summed E-state index contributed by atoms with van der Waals surface area (Å²) in [6.07, 6.45) is -1.94. The summed E-state index contributed by atoms with van der Waals surface area (Å²) in [5.41, 5.74) is -1.07. The lowest BCUT2D eigenvalue weighted by atomic mass is 9.81. The van der Waals surface area contributed by atoms with E-state index >= 15 is 0 Å². The topological polar surface area (TPSA) is 40.5 Å². The van der Waals surface area contributed by atoms with Gasteiger partial charge in [-0.2, -0.15) is 24.5 Å². The third-order valence-corrected chi connectivity index (χ3v) is 5.60. The molecule has 0 spiro atoms. The number of likely N-dealkylation sites (tertiary alicyclic amines) is 1. The summed E-state index contributed by atoms with van der Waals surface area (Å²) in [6.45, 7) is 1.13. The normalized spacial score (nSPS) is 29.8. The van der Waals surface area contributed by atoms with E-state index in [1.54, 1.807) is 0 Å². The summed E-state index contributed by atoms with van der Waals surface area (Å²) >= 11 is 1.04. The summed E-state index contributed by atoms with van der Waals surface area (Å²) in [5.74, 6) is -0.725. The van der Waals surface area contributed by atoms with E-state index < -0.39 is 23.1 Å². The molecule has 2 atom stereocenters. The highest BCUT2D eigenvalue weighted by Gasteiger charge is 2.54. The zero-order chi connectivity index (χ0) is 15.3. The maximum atomic E-state index is 12.9. The van der Waals surface area contributed by atoms with Crippen LogP contribution in [0.4, 0.5) is 13.2 Å². The molecule has 1 aliphatic carbocycles. The number of carboxylic acid groups (broad SMARTS) is 1. The highest BCUT2D eigenvalue weighted by Crippen LogP contribution is 2.49. The van der Waals surface area contributed by atoms with Crippen LogP contribution in [0.5, 0.6) is 0 Å². The number of aliphatic carboxylic acids is 1. The summed E-state index contributed by atoms with van der Waals surface area (Å²) < 4.78 is 38.7. The lowest BCUT2D eigenvalue weighted by Gasteiger charge is -2.23. The molecule has 116 valence electrons. The molecule has 1 N–H and O–H groups in total. The highest BCUT2D eigenvalue weighted by molar-refractivity contribution is 7.08. The molecule has 0 radical (unpaired) electrons. The number of carbonyl (C=O) groups is 1. The van der Waals surface area contributed by atoms with E-state index in [1.165, 1.54) is 5.38 Å². The molecule has 7 heteroatoms. The number of fused-ring (bicyclic) bond motifs is 1. The Bertz CT molecular complexity index is 557. The third-order valence-electron chi connectivity index (χ3n) is 4.81. The van der Waals surface area contributed by atoms with Crippen molar-refractivity contribution in [3.05, 3.63) is 21.9 Å². The molecule has 3 nitrogen and oxygen atoms in total. The summed E-state index contributed by atoms with van der Waals surface area (Å²) in [4.78, 5) is 13.4. The SMILES string of the molecule is O=C(O)[C@@]12CCC[C@H]1CN(Cc1cscc1C(F)(F)F)C2.